The highest BCUT2D eigenvalue weighted by atomic mass is 16.5. The average molecular weight is 437 g/mol. The van der Waals surface area contributed by atoms with E-state index >= 15 is 0 Å². The smallest absolute Gasteiger partial charge is 0.325 e. The van der Waals surface area contributed by atoms with Gasteiger partial charge in [-0.3, -0.25) is 14.7 Å². The summed E-state index contributed by atoms with van der Waals surface area (Å²) in [6.07, 6.45) is 5.52. The quantitative estimate of drug-likeness (QED) is 0.617. The molecule has 5 rings (SSSR count). The van der Waals surface area contributed by atoms with Crippen molar-refractivity contribution < 1.29 is 19.4 Å². The lowest BCUT2D eigenvalue weighted by Gasteiger charge is -2.43. The molecule has 1 atom stereocenters. The number of anilines is 2. The number of phenolic OH excluding ortho intramolecular Hbond substituents is 1. The summed E-state index contributed by atoms with van der Waals surface area (Å²) in [7, 11) is 0. The fraction of sp³-hybridized carbons (Fsp3) is 0.458. The number of hydrogen-bond acceptors (Lipinski definition) is 6. The minimum Gasteiger partial charge on any atom is -0.505 e. The summed E-state index contributed by atoms with van der Waals surface area (Å²) in [6, 6.07) is 8.70. The van der Waals surface area contributed by atoms with Crippen LogP contribution in [0.15, 0.2) is 36.5 Å². The van der Waals surface area contributed by atoms with Crippen molar-refractivity contribution in [1.29, 1.82) is 0 Å². The Kier molecular flexibility index (Phi) is 5.25. The average Bonchev–Trinajstić information content (AvgIpc) is 3.61. The molecule has 1 aliphatic carbocycles. The molecule has 168 valence electrons. The largest absolute Gasteiger partial charge is 0.505 e. The molecule has 0 bridgehead atoms. The normalized spacial score (nSPS) is 24.3. The first-order valence-corrected chi connectivity index (χ1v) is 11.2. The molecule has 8 nitrogen and oxygen atoms in total. The molecule has 0 radical (unpaired) electrons. The van der Waals surface area contributed by atoms with Crippen LogP contribution >= 0.6 is 0 Å². The molecule has 2 saturated heterocycles. The maximum atomic E-state index is 13.0. The van der Waals surface area contributed by atoms with Gasteiger partial charge in [0.2, 0.25) is 5.91 Å². The van der Waals surface area contributed by atoms with Gasteiger partial charge in [0.1, 0.15) is 5.75 Å². The molecule has 2 aliphatic heterocycles. The first kappa shape index (κ1) is 20.8. The first-order chi connectivity index (χ1) is 15.4. The van der Waals surface area contributed by atoms with Gasteiger partial charge in [0.05, 0.1) is 29.5 Å². The number of carbonyl (C=O) groups excluding carboxylic acids is 2. The van der Waals surface area contributed by atoms with E-state index in [2.05, 4.69) is 15.6 Å². The second-order valence-corrected chi connectivity index (χ2v) is 9.12. The van der Waals surface area contributed by atoms with E-state index in [-0.39, 0.29) is 24.1 Å². The van der Waals surface area contributed by atoms with Crippen LogP contribution in [0.1, 0.15) is 56.2 Å². The van der Waals surface area contributed by atoms with Gasteiger partial charge in [0.25, 0.3) is 0 Å². The van der Waals surface area contributed by atoms with E-state index in [1.54, 1.807) is 31.3 Å². The summed E-state index contributed by atoms with van der Waals surface area (Å²) >= 11 is 0. The molecule has 0 unspecified atom stereocenters. The Morgan fingerprint density at radius 1 is 1.16 bits per heavy atom. The zero-order chi connectivity index (χ0) is 22.3. The number of phenols is 1. The number of imide groups is 1. The number of rotatable bonds is 5. The number of nitrogens with one attached hydrogen (secondary N) is 2. The third kappa shape index (κ3) is 3.90. The number of benzene rings is 1. The van der Waals surface area contributed by atoms with Crippen LogP contribution < -0.4 is 10.6 Å². The topological polar surface area (TPSA) is 104 Å². The molecule has 8 heteroatoms. The highest BCUT2D eigenvalue weighted by Gasteiger charge is 2.45. The van der Waals surface area contributed by atoms with E-state index in [4.69, 9.17) is 4.74 Å². The van der Waals surface area contributed by atoms with Gasteiger partial charge in [-0.2, -0.15) is 0 Å². The van der Waals surface area contributed by atoms with Gasteiger partial charge in [-0.05, 0) is 50.8 Å². The highest BCUT2D eigenvalue weighted by Crippen LogP contribution is 2.41. The molecule has 3 amide bonds. The molecule has 2 aromatic rings. The number of hydrogen-bond donors (Lipinski definition) is 3. The van der Waals surface area contributed by atoms with Crippen molar-refractivity contribution in [2.45, 2.75) is 56.5 Å². The SMILES string of the molecule is C[C@@]1(c2cccc(Nc3ccc(C4CC4)nc3)c2O)CC(=O)N(C2CCOCC2)C(=O)N1. The predicted molar refractivity (Wildman–Crippen MR) is 119 cm³/mol. The zero-order valence-corrected chi connectivity index (χ0v) is 18.1. The molecule has 1 aromatic carbocycles. The standard InChI is InChI=1S/C24H28N4O4/c1-24(13-21(29)28(23(31)27-24)17-9-11-32-12-10-17)18-3-2-4-20(22(18)30)26-16-7-8-19(25-14-16)15-5-6-15/h2-4,7-8,14-15,17,26,30H,5-6,9-13H2,1H3,(H,27,31)/t24-/m0/s1. The van der Waals surface area contributed by atoms with Crippen molar-refractivity contribution in [3.8, 4) is 5.75 Å². The third-order valence-corrected chi connectivity index (χ3v) is 6.62. The summed E-state index contributed by atoms with van der Waals surface area (Å²) in [4.78, 5) is 31.7. The molecule has 3 heterocycles. The van der Waals surface area contributed by atoms with Crippen molar-refractivity contribution >= 4 is 23.3 Å². The van der Waals surface area contributed by atoms with Crippen molar-refractivity contribution in [2.24, 2.45) is 0 Å². The van der Waals surface area contributed by atoms with Crippen molar-refractivity contribution in [3.05, 3.63) is 47.8 Å². The molecule has 0 spiro atoms. The molecule has 3 aliphatic rings. The van der Waals surface area contributed by atoms with E-state index in [1.165, 1.54) is 17.7 Å². The Labute approximate surface area is 187 Å². The van der Waals surface area contributed by atoms with Crippen LogP contribution in [0, 0.1) is 0 Å². The Morgan fingerprint density at radius 3 is 2.59 bits per heavy atom. The van der Waals surface area contributed by atoms with Crippen LogP contribution in [0.2, 0.25) is 0 Å². The fourth-order valence-electron chi connectivity index (χ4n) is 4.66. The maximum absolute atomic E-state index is 13.0. The fourth-order valence-corrected chi connectivity index (χ4v) is 4.66. The summed E-state index contributed by atoms with van der Waals surface area (Å²) < 4.78 is 5.36. The van der Waals surface area contributed by atoms with Crippen LogP contribution in [0.3, 0.4) is 0 Å². The van der Waals surface area contributed by atoms with Crippen LogP contribution in [0.4, 0.5) is 16.2 Å². The summed E-state index contributed by atoms with van der Waals surface area (Å²) in [5.74, 6) is 0.351. The lowest BCUT2D eigenvalue weighted by atomic mass is 9.85. The predicted octanol–water partition coefficient (Wildman–Crippen LogP) is 3.74. The number of pyridine rings is 1. The Bertz CT molecular complexity index is 1010. The number of ether oxygens (including phenoxy) is 1. The number of para-hydroxylation sites is 1. The Hall–Kier alpha value is -3.13. The molecule has 3 N–H and O–H groups in total. The van der Waals surface area contributed by atoms with Gasteiger partial charge in [-0.1, -0.05) is 12.1 Å². The second-order valence-electron chi connectivity index (χ2n) is 9.12. The van der Waals surface area contributed by atoms with Gasteiger partial charge in [-0.25, -0.2) is 4.79 Å². The van der Waals surface area contributed by atoms with E-state index in [0.717, 1.165) is 11.4 Å². The zero-order valence-electron chi connectivity index (χ0n) is 18.1. The van der Waals surface area contributed by atoms with Crippen molar-refractivity contribution in [3.63, 3.8) is 0 Å². The molecule has 1 aromatic heterocycles. The van der Waals surface area contributed by atoms with Crippen LogP contribution in [-0.2, 0) is 15.1 Å². The van der Waals surface area contributed by atoms with Gasteiger partial charge >= 0.3 is 6.03 Å². The lowest BCUT2D eigenvalue weighted by molar-refractivity contribution is -0.135. The molecule has 3 fully saturated rings. The van der Waals surface area contributed by atoms with Gasteiger partial charge in [0.15, 0.2) is 0 Å². The van der Waals surface area contributed by atoms with Crippen LogP contribution in [0.25, 0.3) is 0 Å². The van der Waals surface area contributed by atoms with Crippen LogP contribution in [-0.4, -0.2) is 46.2 Å². The Morgan fingerprint density at radius 2 is 1.94 bits per heavy atom. The first-order valence-electron chi connectivity index (χ1n) is 11.2. The second kappa shape index (κ2) is 8.09. The van der Waals surface area contributed by atoms with E-state index < -0.39 is 11.6 Å². The number of amides is 3. The lowest BCUT2D eigenvalue weighted by Crippen LogP contribution is -2.62. The summed E-state index contributed by atoms with van der Waals surface area (Å²) in [5, 5.41) is 17.2. The molecule has 32 heavy (non-hydrogen) atoms. The van der Waals surface area contributed by atoms with Gasteiger partial charge in [0, 0.05) is 36.4 Å². The summed E-state index contributed by atoms with van der Waals surface area (Å²) in [6.45, 7) is 2.86. The van der Waals surface area contributed by atoms with Crippen molar-refractivity contribution in [2.75, 3.05) is 18.5 Å². The highest BCUT2D eigenvalue weighted by molar-refractivity contribution is 5.98. The van der Waals surface area contributed by atoms with E-state index in [1.807, 2.05) is 12.1 Å². The van der Waals surface area contributed by atoms with Crippen molar-refractivity contribution in [1.82, 2.24) is 15.2 Å². The van der Waals surface area contributed by atoms with E-state index in [0.29, 0.717) is 43.2 Å². The van der Waals surface area contributed by atoms with Gasteiger partial charge < -0.3 is 20.5 Å². The van der Waals surface area contributed by atoms with Gasteiger partial charge in [-0.15, -0.1) is 0 Å². The minimum atomic E-state index is -1.01. The number of aromatic hydroxyl groups is 1. The minimum absolute atomic E-state index is 0.00823. The maximum Gasteiger partial charge on any atom is 0.325 e. The number of carbonyl (C=O) groups is 2. The number of urea groups is 1. The van der Waals surface area contributed by atoms with Crippen LogP contribution in [0.5, 0.6) is 5.75 Å². The Balaban J connectivity index is 1.36. The molecule has 1 saturated carbocycles. The summed E-state index contributed by atoms with van der Waals surface area (Å²) in [5.41, 5.74) is 1.85. The molecular weight excluding hydrogens is 408 g/mol. The molecular formula is C24H28N4O4. The number of nitrogens with zero attached hydrogens (tertiary/aromatic N) is 2. The third-order valence-electron chi connectivity index (χ3n) is 6.62. The monoisotopic (exact) mass is 436 g/mol. The number of aromatic nitrogens is 1. The van der Waals surface area contributed by atoms with E-state index in [9.17, 15) is 14.7 Å².